The van der Waals surface area contributed by atoms with E-state index in [2.05, 4.69) is 47.3 Å². The molecular formula is C17H32N4O. The van der Waals surface area contributed by atoms with Gasteiger partial charge in [-0.2, -0.15) is 5.10 Å². The van der Waals surface area contributed by atoms with E-state index in [0.717, 1.165) is 52.1 Å². The van der Waals surface area contributed by atoms with Gasteiger partial charge in [-0.1, -0.05) is 13.8 Å². The third-order valence-corrected chi connectivity index (χ3v) is 4.95. The molecule has 1 atom stereocenters. The van der Waals surface area contributed by atoms with Gasteiger partial charge in [-0.05, 0) is 26.7 Å². The van der Waals surface area contributed by atoms with E-state index >= 15 is 0 Å². The standard InChI is InChI=1S/C17H32N4O/c1-5-7-21-15(4)17(14(3)18-21)12-19-8-10-20(11-9-19)16(6-2)13-22/h16,22H,5-13H2,1-4H3. The number of hydrogen-bond acceptors (Lipinski definition) is 4. The fraction of sp³-hybridized carbons (Fsp3) is 0.824. The second kappa shape index (κ2) is 8.09. The molecule has 5 nitrogen and oxygen atoms in total. The smallest absolute Gasteiger partial charge is 0.0641 e. The maximum atomic E-state index is 9.44. The largest absolute Gasteiger partial charge is 0.395 e. The predicted molar refractivity (Wildman–Crippen MR) is 90.0 cm³/mol. The Labute approximate surface area is 134 Å². The highest BCUT2D eigenvalue weighted by molar-refractivity contribution is 5.24. The molecule has 1 fully saturated rings. The number of nitrogens with zero attached hydrogens (tertiary/aromatic N) is 4. The van der Waals surface area contributed by atoms with Crippen LogP contribution < -0.4 is 0 Å². The zero-order valence-electron chi connectivity index (χ0n) is 14.7. The topological polar surface area (TPSA) is 44.5 Å². The molecule has 1 unspecified atom stereocenters. The average Bonchev–Trinajstić information content (AvgIpc) is 2.78. The summed E-state index contributed by atoms with van der Waals surface area (Å²) in [7, 11) is 0. The molecule has 1 aliphatic heterocycles. The normalized spacial score (nSPS) is 18.8. The van der Waals surface area contributed by atoms with Crippen LogP contribution in [0.4, 0.5) is 0 Å². The van der Waals surface area contributed by atoms with Crippen LogP contribution in [0.2, 0.25) is 0 Å². The molecule has 1 aliphatic rings. The number of piperazine rings is 1. The maximum absolute atomic E-state index is 9.44. The number of aliphatic hydroxyl groups excluding tert-OH is 1. The number of aromatic nitrogens is 2. The minimum Gasteiger partial charge on any atom is -0.395 e. The Morgan fingerprint density at radius 1 is 1.14 bits per heavy atom. The van der Waals surface area contributed by atoms with Crippen LogP contribution in [0.25, 0.3) is 0 Å². The van der Waals surface area contributed by atoms with Gasteiger partial charge in [-0.3, -0.25) is 14.5 Å². The molecule has 0 bridgehead atoms. The molecule has 0 aromatic carbocycles. The molecule has 0 spiro atoms. The van der Waals surface area contributed by atoms with Crippen molar-refractivity contribution in [3.05, 3.63) is 17.0 Å². The van der Waals surface area contributed by atoms with Gasteiger partial charge in [0.15, 0.2) is 0 Å². The molecule has 1 N–H and O–H groups in total. The van der Waals surface area contributed by atoms with Gasteiger partial charge in [0, 0.05) is 56.6 Å². The molecule has 0 radical (unpaired) electrons. The Morgan fingerprint density at radius 2 is 1.82 bits per heavy atom. The monoisotopic (exact) mass is 308 g/mol. The van der Waals surface area contributed by atoms with Crippen LogP contribution in [0.15, 0.2) is 0 Å². The fourth-order valence-corrected chi connectivity index (χ4v) is 3.41. The third kappa shape index (κ3) is 3.89. The minimum absolute atomic E-state index is 0.276. The van der Waals surface area contributed by atoms with Crippen molar-refractivity contribution in [2.45, 2.75) is 59.7 Å². The van der Waals surface area contributed by atoms with Crippen molar-refractivity contribution >= 4 is 0 Å². The molecule has 2 rings (SSSR count). The Balaban J connectivity index is 1.94. The SMILES string of the molecule is CCCn1nc(C)c(CN2CCN(C(CC)CO)CC2)c1C. The van der Waals surface area contributed by atoms with Crippen LogP contribution in [0.1, 0.15) is 43.6 Å². The predicted octanol–water partition coefficient (Wildman–Crippen LogP) is 1.80. The first kappa shape index (κ1) is 17.4. The van der Waals surface area contributed by atoms with E-state index in [4.69, 9.17) is 0 Å². The van der Waals surface area contributed by atoms with Gasteiger partial charge >= 0.3 is 0 Å². The van der Waals surface area contributed by atoms with Crippen molar-refractivity contribution in [2.24, 2.45) is 0 Å². The summed E-state index contributed by atoms with van der Waals surface area (Å²) in [5.41, 5.74) is 3.90. The first-order valence-corrected chi connectivity index (χ1v) is 8.70. The zero-order valence-corrected chi connectivity index (χ0v) is 14.7. The van der Waals surface area contributed by atoms with Gasteiger partial charge in [0.1, 0.15) is 0 Å². The van der Waals surface area contributed by atoms with Crippen molar-refractivity contribution in [2.75, 3.05) is 32.8 Å². The van der Waals surface area contributed by atoms with Gasteiger partial charge < -0.3 is 5.11 Å². The Morgan fingerprint density at radius 3 is 2.36 bits per heavy atom. The highest BCUT2D eigenvalue weighted by Gasteiger charge is 2.23. The maximum Gasteiger partial charge on any atom is 0.0641 e. The summed E-state index contributed by atoms with van der Waals surface area (Å²) >= 11 is 0. The summed E-state index contributed by atoms with van der Waals surface area (Å²) in [6.45, 7) is 15.2. The van der Waals surface area contributed by atoms with Crippen LogP contribution in [-0.4, -0.2) is 63.5 Å². The molecule has 126 valence electrons. The zero-order chi connectivity index (χ0) is 16.1. The summed E-state index contributed by atoms with van der Waals surface area (Å²) in [6, 6.07) is 0.331. The summed E-state index contributed by atoms with van der Waals surface area (Å²) in [4.78, 5) is 4.95. The van der Waals surface area contributed by atoms with E-state index in [0.29, 0.717) is 6.04 Å². The van der Waals surface area contributed by atoms with Crippen LogP contribution >= 0.6 is 0 Å². The quantitative estimate of drug-likeness (QED) is 0.834. The Bertz CT molecular complexity index is 459. The van der Waals surface area contributed by atoms with Crippen LogP contribution in [0.5, 0.6) is 0 Å². The fourth-order valence-electron chi connectivity index (χ4n) is 3.41. The number of aliphatic hydroxyl groups is 1. The van der Waals surface area contributed by atoms with Gasteiger partial charge in [-0.25, -0.2) is 0 Å². The molecule has 1 saturated heterocycles. The number of aryl methyl sites for hydroxylation is 2. The van der Waals surface area contributed by atoms with Gasteiger partial charge in [0.2, 0.25) is 0 Å². The number of rotatable bonds is 7. The van der Waals surface area contributed by atoms with E-state index < -0.39 is 0 Å². The highest BCUT2D eigenvalue weighted by Crippen LogP contribution is 2.18. The van der Waals surface area contributed by atoms with Crippen LogP contribution in [0, 0.1) is 13.8 Å². The molecular weight excluding hydrogens is 276 g/mol. The van der Waals surface area contributed by atoms with E-state index in [-0.39, 0.29) is 6.61 Å². The van der Waals surface area contributed by atoms with Crippen molar-refractivity contribution in [1.29, 1.82) is 0 Å². The molecule has 5 heteroatoms. The molecule has 0 aliphatic carbocycles. The highest BCUT2D eigenvalue weighted by atomic mass is 16.3. The lowest BCUT2D eigenvalue weighted by molar-refractivity contribution is 0.0607. The Kier molecular flexibility index (Phi) is 6.41. The summed E-state index contributed by atoms with van der Waals surface area (Å²) in [5, 5.41) is 14.1. The van der Waals surface area contributed by atoms with E-state index in [9.17, 15) is 5.11 Å². The van der Waals surface area contributed by atoms with Gasteiger partial charge in [-0.15, -0.1) is 0 Å². The summed E-state index contributed by atoms with van der Waals surface area (Å²) in [5.74, 6) is 0. The third-order valence-electron chi connectivity index (χ3n) is 4.95. The molecule has 22 heavy (non-hydrogen) atoms. The van der Waals surface area contributed by atoms with Crippen LogP contribution in [-0.2, 0) is 13.1 Å². The van der Waals surface area contributed by atoms with E-state index in [1.54, 1.807) is 0 Å². The minimum atomic E-state index is 0.276. The molecule has 1 aromatic heterocycles. The van der Waals surface area contributed by atoms with Crippen molar-refractivity contribution in [3.63, 3.8) is 0 Å². The first-order valence-electron chi connectivity index (χ1n) is 8.70. The molecule has 0 amide bonds. The summed E-state index contributed by atoms with van der Waals surface area (Å²) < 4.78 is 2.15. The van der Waals surface area contributed by atoms with E-state index in [1.165, 1.54) is 17.0 Å². The van der Waals surface area contributed by atoms with Crippen molar-refractivity contribution < 1.29 is 5.11 Å². The van der Waals surface area contributed by atoms with Gasteiger partial charge in [0.05, 0.1) is 12.3 Å². The molecule has 2 heterocycles. The van der Waals surface area contributed by atoms with Crippen molar-refractivity contribution in [1.82, 2.24) is 19.6 Å². The molecule has 0 saturated carbocycles. The second-order valence-corrected chi connectivity index (χ2v) is 6.43. The lowest BCUT2D eigenvalue weighted by atomic mass is 10.1. The Hall–Kier alpha value is -0.910. The lowest BCUT2D eigenvalue weighted by Gasteiger charge is -2.38. The lowest BCUT2D eigenvalue weighted by Crippen LogP contribution is -2.50. The average molecular weight is 308 g/mol. The summed E-state index contributed by atoms with van der Waals surface area (Å²) in [6.07, 6.45) is 2.15. The van der Waals surface area contributed by atoms with Crippen molar-refractivity contribution in [3.8, 4) is 0 Å². The molecule has 1 aromatic rings. The van der Waals surface area contributed by atoms with Crippen LogP contribution in [0.3, 0.4) is 0 Å². The number of hydrogen-bond donors (Lipinski definition) is 1. The van der Waals surface area contributed by atoms with Gasteiger partial charge in [0.25, 0.3) is 0 Å². The second-order valence-electron chi connectivity index (χ2n) is 6.43. The van der Waals surface area contributed by atoms with E-state index in [1.807, 2.05) is 0 Å². The first-order chi connectivity index (χ1) is 10.6.